The molecule has 1 unspecified atom stereocenters. The normalized spacial score (nSPS) is 10.3. The molecule has 7 heteroatoms. The molecule has 0 aromatic heterocycles. The highest BCUT2D eigenvalue weighted by atomic mass is 16.5. The third-order valence-corrected chi connectivity index (χ3v) is 1.30. The maximum absolute atomic E-state index is 10.3. The maximum Gasteiger partial charge on any atom is 0.331 e. The molecule has 18 heavy (non-hydrogen) atoms. The average molecular weight is 260 g/mol. The number of ether oxygens (including phenoxy) is 1. The summed E-state index contributed by atoms with van der Waals surface area (Å²) in [6.07, 6.45) is -0.0496. The van der Waals surface area contributed by atoms with Crippen LogP contribution in [0.25, 0.3) is 0 Å². The zero-order valence-electron chi connectivity index (χ0n) is 9.96. The van der Waals surface area contributed by atoms with Crippen molar-refractivity contribution in [3.05, 3.63) is 24.8 Å². The first-order chi connectivity index (χ1) is 8.20. The van der Waals surface area contributed by atoms with Crippen molar-refractivity contribution in [2.24, 2.45) is 0 Å². The molecule has 0 fully saturated rings. The second-order valence-electron chi connectivity index (χ2n) is 3.16. The number of aliphatic carboxylic acids is 2. The van der Waals surface area contributed by atoms with Crippen LogP contribution in [0.5, 0.6) is 0 Å². The van der Waals surface area contributed by atoms with Gasteiger partial charge in [0.1, 0.15) is 6.61 Å². The lowest BCUT2D eigenvalue weighted by Crippen LogP contribution is -2.13. The second kappa shape index (κ2) is 10.0. The molecule has 0 spiro atoms. The Hall–Kier alpha value is -2.15. The summed E-state index contributed by atoms with van der Waals surface area (Å²) in [4.78, 5) is 29.9. The van der Waals surface area contributed by atoms with Gasteiger partial charge in [-0.3, -0.25) is 4.79 Å². The first-order valence-electron chi connectivity index (χ1n) is 4.80. The summed E-state index contributed by atoms with van der Waals surface area (Å²) in [6.45, 7) is 7.77. The van der Waals surface area contributed by atoms with Crippen LogP contribution < -0.4 is 0 Å². The zero-order valence-corrected chi connectivity index (χ0v) is 9.96. The molecule has 0 aromatic carbocycles. The summed E-state index contributed by atoms with van der Waals surface area (Å²) < 4.78 is 4.45. The van der Waals surface area contributed by atoms with Gasteiger partial charge in [-0.1, -0.05) is 13.2 Å². The number of aliphatic hydroxyl groups is 1. The fraction of sp³-hybridized carbons (Fsp3) is 0.364. The Kier molecular flexibility index (Phi) is 10.2. The van der Waals surface area contributed by atoms with E-state index in [1.54, 1.807) is 0 Å². The van der Waals surface area contributed by atoms with E-state index >= 15 is 0 Å². The SMILES string of the molecule is C=C(CC(=O)O)C(=O)O.C=CC(=O)OCC(C)O. The Bertz CT molecular complexity index is 330. The van der Waals surface area contributed by atoms with Gasteiger partial charge in [0.25, 0.3) is 0 Å². The van der Waals surface area contributed by atoms with Gasteiger partial charge in [0.2, 0.25) is 0 Å². The molecule has 0 saturated heterocycles. The molecular weight excluding hydrogens is 244 g/mol. The third kappa shape index (κ3) is 13.8. The summed E-state index contributed by atoms with van der Waals surface area (Å²) >= 11 is 0. The highest BCUT2D eigenvalue weighted by molar-refractivity contribution is 5.91. The molecule has 7 nitrogen and oxygen atoms in total. The molecule has 0 heterocycles. The van der Waals surface area contributed by atoms with Crippen molar-refractivity contribution in [2.45, 2.75) is 19.4 Å². The average Bonchev–Trinajstić information content (AvgIpc) is 2.25. The summed E-state index contributed by atoms with van der Waals surface area (Å²) in [5.74, 6) is -2.95. The van der Waals surface area contributed by atoms with Crippen molar-refractivity contribution < 1.29 is 34.4 Å². The smallest absolute Gasteiger partial charge is 0.331 e. The van der Waals surface area contributed by atoms with Gasteiger partial charge in [-0.25, -0.2) is 9.59 Å². The van der Waals surface area contributed by atoms with Crippen LogP contribution in [0.15, 0.2) is 24.8 Å². The quantitative estimate of drug-likeness (QED) is 0.460. The Morgan fingerprint density at radius 2 is 1.83 bits per heavy atom. The van der Waals surface area contributed by atoms with E-state index < -0.39 is 30.4 Å². The third-order valence-electron chi connectivity index (χ3n) is 1.30. The van der Waals surface area contributed by atoms with Crippen molar-refractivity contribution in [3.8, 4) is 0 Å². The van der Waals surface area contributed by atoms with Crippen molar-refractivity contribution >= 4 is 17.9 Å². The van der Waals surface area contributed by atoms with E-state index in [1.807, 2.05) is 0 Å². The van der Waals surface area contributed by atoms with Crippen molar-refractivity contribution in [3.63, 3.8) is 0 Å². The summed E-state index contributed by atoms with van der Waals surface area (Å²) in [7, 11) is 0. The highest BCUT2D eigenvalue weighted by Gasteiger charge is 2.07. The van der Waals surface area contributed by atoms with Crippen LogP contribution in [0.3, 0.4) is 0 Å². The standard InChI is InChI=1S/C6H10O3.C5H6O4/c1-3-6(8)9-4-5(2)7;1-3(5(8)9)2-4(6)7/h3,5,7H,1,4H2,2H3;1-2H2,(H,6,7)(H,8,9). The molecule has 1 atom stereocenters. The fourth-order valence-electron chi connectivity index (χ4n) is 0.520. The van der Waals surface area contributed by atoms with Gasteiger partial charge in [-0.2, -0.15) is 0 Å². The van der Waals surface area contributed by atoms with E-state index in [4.69, 9.17) is 15.3 Å². The molecule has 102 valence electrons. The van der Waals surface area contributed by atoms with E-state index in [2.05, 4.69) is 17.9 Å². The zero-order chi connectivity index (χ0) is 14.7. The number of carboxylic acid groups (broad SMARTS) is 2. The lowest BCUT2D eigenvalue weighted by atomic mass is 10.2. The minimum atomic E-state index is -1.27. The van der Waals surface area contributed by atoms with E-state index in [1.165, 1.54) is 6.92 Å². The molecule has 0 aliphatic heterocycles. The molecule has 0 saturated carbocycles. The first-order valence-corrected chi connectivity index (χ1v) is 4.80. The predicted molar refractivity (Wildman–Crippen MR) is 61.9 cm³/mol. The lowest BCUT2D eigenvalue weighted by molar-refractivity contribution is -0.140. The monoisotopic (exact) mass is 260 g/mol. The summed E-state index contributed by atoms with van der Waals surface area (Å²) in [5, 5.41) is 24.7. The number of hydrogen-bond acceptors (Lipinski definition) is 5. The molecule has 3 N–H and O–H groups in total. The molecule has 0 rings (SSSR count). The molecule has 0 aliphatic rings. The van der Waals surface area contributed by atoms with Crippen LogP contribution in [0, 0.1) is 0 Å². The number of carboxylic acids is 2. The molecule has 0 aliphatic carbocycles. The van der Waals surface area contributed by atoms with Crippen LogP contribution in [0.2, 0.25) is 0 Å². The van der Waals surface area contributed by atoms with Crippen LogP contribution >= 0.6 is 0 Å². The van der Waals surface area contributed by atoms with Crippen LogP contribution in [-0.4, -0.2) is 45.9 Å². The molecule has 0 aromatic rings. The van der Waals surface area contributed by atoms with E-state index in [9.17, 15) is 14.4 Å². The van der Waals surface area contributed by atoms with Crippen LogP contribution in [-0.2, 0) is 19.1 Å². The molecule has 0 bridgehead atoms. The van der Waals surface area contributed by atoms with Gasteiger partial charge < -0.3 is 20.1 Å². The van der Waals surface area contributed by atoms with Gasteiger partial charge >= 0.3 is 17.9 Å². The van der Waals surface area contributed by atoms with Gasteiger partial charge in [-0.05, 0) is 6.92 Å². The van der Waals surface area contributed by atoms with Crippen molar-refractivity contribution in [1.82, 2.24) is 0 Å². The number of rotatable bonds is 6. The Labute approximate surface area is 104 Å². The summed E-state index contributed by atoms with van der Waals surface area (Å²) in [6, 6.07) is 0. The second-order valence-corrected chi connectivity index (χ2v) is 3.16. The van der Waals surface area contributed by atoms with Gasteiger partial charge in [0.05, 0.1) is 12.5 Å². The Balaban J connectivity index is 0. The topological polar surface area (TPSA) is 121 Å². The van der Waals surface area contributed by atoms with Crippen molar-refractivity contribution in [1.29, 1.82) is 0 Å². The maximum atomic E-state index is 10.3. The Morgan fingerprint density at radius 1 is 1.33 bits per heavy atom. The lowest BCUT2D eigenvalue weighted by Gasteiger charge is -2.02. The molecule has 0 radical (unpaired) electrons. The van der Waals surface area contributed by atoms with E-state index in [0.29, 0.717) is 0 Å². The number of hydrogen-bond donors (Lipinski definition) is 3. The number of carbonyl (C=O) groups is 3. The number of esters is 1. The highest BCUT2D eigenvalue weighted by Crippen LogP contribution is 1.95. The minimum Gasteiger partial charge on any atom is -0.481 e. The predicted octanol–water partition coefficient (Wildman–Crippen LogP) is 0.198. The van der Waals surface area contributed by atoms with Gasteiger partial charge in [0, 0.05) is 11.6 Å². The van der Waals surface area contributed by atoms with Crippen molar-refractivity contribution in [2.75, 3.05) is 6.61 Å². The molecule has 0 amide bonds. The van der Waals surface area contributed by atoms with Crippen LogP contribution in [0.4, 0.5) is 0 Å². The van der Waals surface area contributed by atoms with Gasteiger partial charge in [0.15, 0.2) is 0 Å². The van der Waals surface area contributed by atoms with Gasteiger partial charge in [-0.15, -0.1) is 0 Å². The minimum absolute atomic E-state index is 0.0326. The number of carbonyl (C=O) groups excluding carboxylic acids is 1. The summed E-state index contributed by atoms with van der Waals surface area (Å²) in [5.41, 5.74) is -0.303. The largest absolute Gasteiger partial charge is 0.481 e. The van der Waals surface area contributed by atoms with Crippen LogP contribution in [0.1, 0.15) is 13.3 Å². The fourth-order valence-corrected chi connectivity index (χ4v) is 0.520. The first kappa shape index (κ1) is 18.2. The van der Waals surface area contributed by atoms with E-state index in [-0.39, 0.29) is 12.2 Å². The Morgan fingerprint density at radius 3 is 2.06 bits per heavy atom. The molecular formula is C11H16O7. The van der Waals surface area contributed by atoms with E-state index in [0.717, 1.165) is 6.08 Å². The number of aliphatic hydroxyl groups excluding tert-OH is 1.